The molecule has 0 aliphatic rings. The van der Waals surface area contributed by atoms with Crippen LogP contribution >= 0.6 is 0 Å². The fraction of sp³-hybridized carbons (Fsp3) is 0.0625. The first-order chi connectivity index (χ1) is 10.1. The van der Waals surface area contributed by atoms with Gasteiger partial charge in [-0.1, -0.05) is 0 Å². The number of methoxy groups -OCH3 is 1. The van der Waals surface area contributed by atoms with Crippen molar-refractivity contribution < 1.29 is 13.5 Å². The summed E-state index contributed by atoms with van der Waals surface area (Å²) in [4.78, 5) is 12.2. The SMILES string of the molecule is COc1ccc2oc(-c3ccc(F)c(N)c3)cc(=O)c2c1. The van der Waals surface area contributed by atoms with Gasteiger partial charge >= 0.3 is 0 Å². The van der Waals surface area contributed by atoms with Crippen LogP contribution in [0.25, 0.3) is 22.3 Å². The van der Waals surface area contributed by atoms with E-state index in [-0.39, 0.29) is 11.1 Å². The van der Waals surface area contributed by atoms with Gasteiger partial charge in [0.25, 0.3) is 0 Å². The number of ether oxygens (including phenoxy) is 1. The summed E-state index contributed by atoms with van der Waals surface area (Å²) in [6, 6.07) is 10.5. The van der Waals surface area contributed by atoms with Gasteiger partial charge in [-0.2, -0.15) is 0 Å². The van der Waals surface area contributed by atoms with Gasteiger partial charge in [0.15, 0.2) is 5.43 Å². The van der Waals surface area contributed by atoms with E-state index in [1.54, 1.807) is 18.2 Å². The Balaban J connectivity index is 2.20. The quantitative estimate of drug-likeness (QED) is 0.734. The first-order valence-electron chi connectivity index (χ1n) is 6.26. The lowest BCUT2D eigenvalue weighted by molar-refractivity contribution is 0.415. The van der Waals surface area contributed by atoms with Crippen LogP contribution in [-0.4, -0.2) is 7.11 Å². The Morgan fingerprint density at radius 3 is 2.67 bits per heavy atom. The van der Waals surface area contributed by atoms with Crippen molar-refractivity contribution in [2.45, 2.75) is 0 Å². The lowest BCUT2D eigenvalue weighted by atomic mass is 10.1. The molecule has 1 aromatic heterocycles. The van der Waals surface area contributed by atoms with E-state index in [0.29, 0.717) is 28.0 Å². The predicted octanol–water partition coefficient (Wildman–Crippen LogP) is 3.19. The summed E-state index contributed by atoms with van der Waals surface area (Å²) in [7, 11) is 1.53. The lowest BCUT2D eigenvalue weighted by Crippen LogP contribution is -2.01. The van der Waals surface area contributed by atoms with Crippen molar-refractivity contribution in [3.63, 3.8) is 0 Å². The predicted molar refractivity (Wildman–Crippen MR) is 78.8 cm³/mol. The second kappa shape index (κ2) is 4.94. The Kier molecular flexibility index (Phi) is 3.10. The summed E-state index contributed by atoms with van der Waals surface area (Å²) in [6.45, 7) is 0. The highest BCUT2D eigenvalue weighted by Gasteiger charge is 2.09. The van der Waals surface area contributed by atoms with Crippen molar-refractivity contribution in [3.05, 3.63) is 58.5 Å². The van der Waals surface area contributed by atoms with Crippen LogP contribution in [0.4, 0.5) is 10.1 Å². The van der Waals surface area contributed by atoms with E-state index in [1.807, 2.05) is 0 Å². The lowest BCUT2D eigenvalue weighted by Gasteiger charge is -2.06. The maximum atomic E-state index is 13.2. The summed E-state index contributed by atoms with van der Waals surface area (Å²) in [5.41, 5.74) is 6.32. The largest absolute Gasteiger partial charge is 0.497 e. The van der Waals surface area contributed by atoms with Crippen LogP contribution in [0, 0.1) is 5.82 Å². The molecule has 2 aromatic carbocycles. The van der Waals surface area contributed by atoms with E-state index in [2.05, 4.69) is 0 Å². The molecule has 0 radical (unpaired) electrons. The molecule has 0 unspecified atom stereocenters. The number of nitrogens with two attached hydrogens (primary N) is 1. The Morgan fingerprint density at radius 2 is 1.95 bits per heavy atom. The molecule has 0 amide bonds. The number of anilines is 1. The summed E-state index contributed by atoms with van der Waals surface area (Å²) < 4.78 is 24.0. The molecule has 3 aromatic rings. The molecule has 2 N–H and O–H groups in total. The highest BCUT2D eigenvalue weighted by molar-refractivity contribution is 5.80. The topological polar surface area (TPSA) is 65.5 Å². The van der Waals surface area contributed by atoms with Gasteiger partial charge in [0.1, 0.15) is 22.9 Å². The summed E-state index contributed by atoms with van der Waals surface area (Å²) in [5.74, 6) is 0.407. The third-order valence-corrected chi connectivity index (χ3v) is 3.21. The minimum absolute atomic E-state index is 0.00461. The molecular formula is C16H12FNO3. The van der Waals surface area contributed by atoms with Crippen molar-refractivity contribution in [1.82, 2.24) is 0 Å². The van der Waals surface area contributed by atoms with Gasteiger partial charge < -0.3 is 14.9 Å². The van der Waals surface area contributed by atoms with Crippen molar-refractivity contribution in [2.75, 3.05) is 12.8 Å². The molecule has 0 saturated heterocycles. The van der Waals surface area contributed by atoms with Gasteiger partial charge in [-0.15, -0.1) is 0 Å². The molecule has 1 heterocycles. The Bertz CT molecular complexity index is 886. The smallest absolute Gasteiger partial charge is 0.193 e. The third-order valence-electron chi connectivity index (χ3n) is 3.21. The maximum absolute atomic E-state index is 13.2. The van der Waals surface area contributed by atoms with Gasteiger partial charge in [0.05, 0.1) is 18.2 Å². The van der Waals surface area contributed by atoms with Gasteiger partial charge in [-0.25, -0.2) is 4.39 Å². The molecule has 5 heteroatoms. The molecule has 0 spiro atoms. The van der Waals surface area contributed by atoms with E-state index >= 15 is 0 Å². The molecule has 0 fully saturated rings. The fourth-order valence-electron chi connectivity index (χ4n) is 2.10. The summed E-state index contributed by atoms with van der Waals surface area (Å²) >= 11 is 0. The summed E-state index contributed by atoms with van der Waals surface area (Å²) in [6.07, 6.45) is 0. The molecule has 0 aliphatic carbocycles. The number of fused-ring (bicyclic) bond motifs is 1. The Labute approximate surface area is 119 Å². The standard InChI is InChI=1S/C16H12FNO3/c1-20-10-3-5-15-11(7-10)14(19)8-16(21-15)9-2-4-12(17)13(18)6-9/h2-8H,18H2,1H3. The highest BCUT2D eigenvalue weighted by atomic mass is 19.1. The zero-order valence-corrected chi connectivity index (χ0v) is 11.2. The van der Waals surface area contributed by atoms with Gasteiger partial charge in [-0.05, 0) is 36.4 Å². The Hall–Kier alpha value is -2.82. The maximum Gasteiger partial charge on any atom is 0.193 e. The van der Waals surface area contributed by atoms with E-state index < -0.39 is 5.82 Å². The van der Waals surface area contributed by atoms with Crippen molar-refractivity contribution in [3.8, 4) is 17.1 Å². The molecule has 21 heavy (non-hydrogen) atoms. The van der Waals surface area contributed by atoms with E-state index in [4.69, 9.17) is 14.9 Å². The number of nitrogen functional groups attached to an aromatic ring is 1. The first-order valence-corrected chi connectivity index (χ1v) is 6.26. The van der Waals surface area contributed by atoms with E-state index in [0.717, 1.165) is 0 Å². The van der Waals surface area contributed by atoms with Crippen LogP contribution in [0.15, 0.2) is 51.7 Å². The van der Waals surface area contributed by atoms with Gasteiger partial charge in [0.2, 0.25) is 0 Å². The monoisotopic (exact) mass is 285 g/mol. The van der Waals surface area contributed by atoms with Crippen molar-refractivity contribution >= 4 is 16.7 Å². The summed E-state index contributed by atoms with van der Waals surface area (Å²) in [5, 5.41) is 0.424. The normalized spacial score (nSPS) is 10.8. The van der Waals surface area contributed by atoms with E-state index in [1.165, 1.54) is 31.4 Å². The van der Waals surface area contributed by atoms with Gasteiger partial charge in [0, 0.05) is 11.6 Å². The van der Waals surface area contributed by atoms with Crippen molar-refractivity contribution in [2.24, 2.45) is 0 Å². The molecular weight excluding hydrogens is 273 g/mol. The van der Waals surface area contributed by atoms with Gasteiger partial charge in [-0.3, -0.25) is 4.79 Å². The zero-order valence-electron chi connectivity index (χ0n) is 11.2. The number of halogens is 1. The molecule has 3 rings (SSSR count). The van der Waals surface area contributed by atoms with Crippen LogP contribution in [0.5, 0.6) is 5.75 Å². The Morgan fingerprint density at radius 1 is 1.14 bits per heavy atom. The second-order valence-electron chi connectivity index (χ2n) is 4.57. The molecule has 0 saturated carbocycles. The molecule has 0 bridgehead atoms. The number of hydrogen-bond acceptors (Lipinski definition) is 4. The number of rotatable bonds is 2. The van der Waals surface area contributed by atoms with Crippen LogP contribution < -0.4 is 15.9 Å². The highest BCUT2D eigenvalue weighted by Crippen LogP contribution is 2.26. The number of benzene rings is 2. The zero-order chi connectivity index (χ0) is 15.0. The van der Waals surface area contributed by atoms with Crippen LogP contribution in [0.2, 0.25) is 0 Å². The van der Waals surface area contributed by atoms with Crippen molar-refractivity contribution in [1.29, 1.82) is 0 Å². The second-order valence-corrected chi connectivity index (χ2v) is 4.57. The minimum Gasteiger partial charge on any atom is -0.497 e. The van der Waals surface area contributed by atoms with E-state index in [9.17, 15) is 9.18 Å². The molecule has 0 atom stereocenters. The van der Waals surface area contributed by atoms with Crippen LogP contribution in [0.3, 0.4) is 0 Å². The third kappa shape index (κ3) is 2.33. The molecule has 4 nitrogen and oxygen atoms in total. The average molecular weight is 285 g/mol. The molecule has 0 aliphatic heterocycles. The minimum atomic E-state index is -0.508. The van der Waals surface area contributed by atoms with Crippen LogP contribution in [0.1, 0.15) is 0 Å². The average Bonchev–Trinajstić information content (AvgIpc) is 2.49. The first kappa shape index (κ1) is 13.2. The number of hydrogen-bond donors (Lipinski definition) is 1. The van der Waals surface area contributed by atoms with Crippen LogP contribution in [-0.2, 0) is 0 Å². The molecule has 106 valence electrons. The fourth-order valence-corrected chi connectivity index (χ4v) is 2.10.